The van der Waals surface area contributed by atoms with E-state index in [9.17, 15) is 14.4 Å². The Morgan fingerprint density at radius 2 is 2.11 bits per heavy atom. The highest BCUT2D eigenvalue weighted by atomic mass is 16.5. The first-order chi connectivity index (χ1) is 13.3. The minimum Gasteiger partial charge on any atom is -0.360 e. The number of carbonyl (C=O) groups is 3. The molecule has 3 aliphatic heterocycles. The highest BCUT2D eigenvalue weighted by molar-refractivity contribution is 6.05. The second-order valence-corrected chi connectivity index (χ2v) is 8.18. The fraction of sp³-hybridized carbons (Fsp3) is 0.550. The molecule has 150 valence electrons. The molecule has 0 bridgehead atoms. The number of hydrogen-bond donors (Lipinski definition) is 3. The maximum absolute atomic E-state index is 12.8. The Labute approximate surface area is 164 Å². The zero-order valence-corrected chi connectivity index (χ0v) is 16.2. The number of piperidine rings is 1. The predicted molar refractivity (Wildman–Crippen MR) is 101 cm³/mol. The number of hydrogen-bond acceptors (Lipinski definition) is 6. The molecule has 3 amide bonds. The van der Waals surface area contributed by atoms with Crippen LogP contribution in [0, 0.1) is 0 Å². The number of benzene rings is 1. The number of rotatable bonds is 5. The zero-order valence-electron chi connectivity index (χ0n) is 16.2. The quantitative estimate of drug-likeness (QED) is 0.628. The second-order valence-electron chi connectivity index (χ2n) is 8.18. The largest absolute Gasteiger partial charge is 0.360 e. The molecule has 3 aliphatic rings. The first kappa shape index (κ1) is 19.0. The molecule has 0 spiro atoms. The van der Waals surface area contributed by atoms with Gasteiger partial charge in [-0.05, 0) is 37.5 Å². The number of nitrogens with one attached hydrogen (secondary N) is 3. The number of amides is 3. The number of nitrogens with zero attached hydrogens (tertiary/aromatic N) is 1. The molecule has 1 aromatic carbocycles. The topological polar surface area (TPSA) is 99.8 Å². The molecular weight excluding hydrogens is 360 g/mol. The van der Waals surface area contributed by atoms with Crippen molar-refractivity contribution in [3.63, 3.8) is 0 Å². The van der Waals surface area contributed by atoms with Crippen molar-refractivity contribution < 1.29 is 19.1 Å². The molecule has 2 saturated heterocycles. The Bertz CT molecular complexity index is 822. The second kappa shape index (κ2) is 7.27. The summed E-state index contributed by atoms with van der Waals surface area (Å²) in [6.45, 7) is 6.52. The molecule has 1 unspecified atom stereocenters. The van der Waals surface area contributed by atoms with Crippen molar-refractivity contribution in [1.82, 2.24) is 20.9 Å². The van der Waals surface area contributed by atoms with Crippen molar-refractivity contribution in [3.8, 4) is 0 Å². The lowest BCUT2D eigenvalue weighted by atomic mass is 10.0. The Morgan fingerprint density at radius 1 is 1.29 bits per heavy atom. The van der Waals surface area contributed by atoms with Crippen LogP contribution < -0.4 is 16.0 Å². The summed E-state index contributed by atoms with van der Waals surface area (Å²) in [6, 6.07) is 5.55. The summed E-state index contributed by atoms with van der Waals surface area (Å²) in [7, 11) is 0. The van der Waals surface area contributed by atoms with Gasteiger partial charge in [0.05, 0.1) is 6.61 Å². The van der Waals surface area contributed by atoms with Crippen LogP contribution in [0.1, 0.15) is 48.2 Å². The van der Waals surface area contributed by atoms with E-state index in [0.29, 0.717) is 31.7 Å². The Balaban J connectivity index is 1.36. The molecule has 0 aromatic heterocycles. The molecule has 2 atom stereocenters. The summed E-state index contributed by atoms with van der Waals surface area (Å²) in [6.07, 6.45) is 0.646. The average molecular weight is 386 g/mol. The molecule has 1 aromatic rings. The van der Waals surface area contributed by atoms with E-state index in [-0.39, 0.29) is 35.9 Å². The average Bonchev–Trinajstić information content (AvgIpc) is 3.15. The van der Waals surface area contributed by atoms with Gasteiger partial charge in [0.15, 0.2) is 0 Å². The van der Waals surface area contributed by atoms with Crippen LogP contribution in [0.3, 0.4) is 0 Å². The van der Waals surface area contributed by atoms with Gasteiger partial charge in [-0.3, -0.25) is 25.0 Å². The van der Waals surface area contributed by atoms with Crippen molar-refractivity contribution in [1.29, 1.82) is 0 Å². The molecule has 28 heavy (non-hydrogen) atoms. The van der Waals surface area contributed by atoms with E-state index >= 15 is 0 Å². The summed E-state index contributed by atoms with van der Waals surface area (Å²) in [5.74, 6) is -0.795. The van der Waals surface area contributed by atoms with Crippen LogP contribution in [-0.2, 0) is 27.4 Å². The van der Waals surface area contributed by atoms with Gasteiger partial charge in [-0.2, -0.15) is 0 Å². The highest BCUT2D eigenvalue weighted by Gasteiger charge is 2.39. The Morgan fingerprint density at radius 3 is 2.82 bits per heavy atom. The maximum Gasteiger partial charge on any atom is 0.255 e. The number of ether oxygens (including phenoxy) is 1. The monoisotopic (exact) mass is 386 g/mol. The number of fused-ring (bicyclic) bond motifs is 1. The molecule has 3 N–H and O–H groups in total. The van der Waals surface area contributed by atoms with Gasteiger partial charge in [-0.15, -0.1) is 0 Å². The molecule has 2 fully saturated rings. The fourth-order valence-electron chi connectivity index (χ4n) is 4.10. The van der Waals surface area contributed by atoms with Crippen LogP contribution in [0.4, 0.5) is 0 Å². The van der Waals surface area contributed by atoms with E-state index in [1.54, 1.807) is 4.90 Å². The number of carbonyl (C=O) groups excluding carboxylic acids is 3. The van der Waals surface area contributed by atoms with Gasteiger partial charge in [-0.1, -0.05) is 12.1 Å². The van der Waals surface area contributed by atoms with Gasteiger partial charge in [0, 0.05) is 37.7 Å². The molecular formula is C20H26N4O4. The van der Waals surface area contributed by atoms with Crippen molar-refractivity contribution >= 4 is 17.7 Å². The first-order valence-corrected chi connectivity index (χ1v) is 9.71. The minimum absolute atomic E-state index is 0.140. The lowest BCUT2D eigenvalue weighted by Gasteiger charge is -2.29. The Hall–Kier alpha value is -2.29. The van der Waals surface area contributed by atoms with Crippen LogP contribution in [0.2, 0.25) is 0 Å². The zero-order chi connectivity index (χ0) is 19.9. The van der Waals surface area contributed by atoms with Crippen molar-refractivity contribution in [2.75, 3.05) is 13.2 Å². The van der Waals surface area contributed by atoms with E-state index < -0.39 is 6.04 Å². The predicted octanol–water partition coefficient (Wildman–Crippen LogP) is 0.262. The molecule has 4 rings (SSSR count). The molecule has 0 aliphatic carbocycles. The standard InChI is InChI=1S/C20H26N4O4/c1-20(2)23-14(11-28-20)9-21-8-12-3-4-13-10-24(19(27)15(13)7-12)16-5-6-17(25)22-18(16)26/h3-4,7,14,16,21,23H,5-6,8-11H2,1-2H3,(H,22,25,26)/t14-,16?/m0/s1. The van der Waals surface area contributed by atoms with Crippen LogP contribution >= 0.6 is 0 Å². The van der Waals surface area contributed by atoms with Crippen molar-refractivity contribution in [2.45, 2.75) is 57.6 Å². The van der Waals surface area contributed by atoms with Gasteiger partial charge < -0.3 is 15.0 Å². The Kier molecular flexibility index (Phi) is 4.95. The summed E-state index contributed by atoms with van der Waals surface area (Å²) in [4.78, 5) is 37.9. The van der Waals surface area contributed by atoms with Crippen LogP contribution in [0.25, 0.3) is 0 Å². The lowest BCUT2D eigenvalue weighted by molar-refractivity contribution is -0.136. The SMILES string of the molecule is CC1(C)N[C@@H](CNCc2ccc3c(c2)C(=O)N(C2CCC(=O)NC2=O)C3)CO1. The molecule has 0 radical (unpaired) electrons. The summed E-state index contributed by atoms with van der Waals surface area (Å²) in [5.41, 5.74) is 2.31. The van der Waals surface area contributed by atoms with E-state index in [4.69, 9.17) is 4.74 Å². The van der Waals surface area contributed by atoms with E-state index in [0.717, 1.165) is 17.7 Å². The van der Waals surface area contributed by atoms with E-state index in [1.807, 2.05) is 32.0 Å². The van der Waals surface area contributed by atoms with Crippen LogP contribution in [0.5, 0.6) is 0 Å². The first-order valence-electron chi connectivity index (χ1n) is 9.71. The van der Waals surface area contributed by atoms with Crippen LogP contribution in [0.15, 0.2) is 18.2 Å². The van der Waals surface area contributed by atoms with Crippen molar-refractivity contribution in [3.05, 3.63) is 34.9 Å². The van der Waals surface area contributed by atoms with Gasteiger partial charge in [0.25, 0.3) is 5.91 Å². The molecule has 3 heterocycles. The van der Waals surface area contributed by atoms with Crippen molar-refractivity contribution in [2.24, 2.45) is 0 Å². The summed E-state index contributed by atoms with van der Waals surface area (Å²) < 4.78 is 5.66. The van der Waals surface area contributed by atoms with Gasteiger partial charge >= 0.3 is 0 Å². The normalized spacial score (nSPS) is 26.5. The van der Waals surface area contributed by atoms with Gasteiger partial charge in [0.2, 0.25) is 11.8 Å². The van der Waals surface area contributed by atoms with E-state index in [2.05, 4.69) is 16.0 Å². The highest BCUT2D eigenvalue weighted by Crippen LogP contribution is 2.28. The van der Waals surface area contributed by atoms with Gasteiger partial charge in [0.1, 0.15) is 11.8 Å². The minimum atomic E-state index is -0.573. The van der Waals surface area contributed by atoms with Gasteiger partial charge in [-0.25, -0.2) is 0 Å². The maximum atomic E-state index is 12.8. The molecule has 8 nitrogen and oxygen atoms in total. The summed E-state index contributed by atoms with van der Waals surface area (Å²) in [5, 5.41) is 9.14. The molecule has 8 heteroatoms. The third kappa shape index (κ3) is 3.80. The lowest BCUT2D eigenvalue weighted by Crippen LogP contribution is -2.52. The third-order valence-electron chi connectivity index (χ3n) is 5.51. The van der Waals surface area contributed by atoms with Crippen LogP contribution in [-0.4, -0.2) is 53.6 Å². The van der Waals surface area contributed by atoms with E-state index in [1.165, 1.54) is 0 Å². The third-order valence-corrected chi connectivity index (χ3v) is 5.51. The smallest absolute Gasteiger partial charge is 0.255 e. The summed E-state index contributed by atoms with van der Waals surface area (Å²) >= 11 is 0. The molecule has 0 saturated carbocycles. The number of imide groups is 1. The fourth-order valence-corrected chi connectivity index (χ4v) is 4.10.